The summed E-state index contributed by atoms with van der Waals surface area (Å²) in [5, 5.41) is 5.61. The zero-order valence-corrected chi connectivity index (χ0v) is 10.5. The Hall–Kier alpha value is -1.41. The molecule has 0 aromatic heterocycles. The van der Waals surface area contributed by atoms with Crippen LogP contribution in [0.15, 0.2) is 42.5 Å². The summed E-state index contributed by atoms with van der Waals surface area (Å²) in [6, 6.07) is 14.4. The summed E-state index contributed by atoms with van der Waals surface area (Å²) in [6.45, 7) is 1.59. The molecule has 1 heterocycles. The van der Waals surface area contributed by atoms with Crippen LogP contribution in [0.2, 0.25) is 0 Å². The van der Waals surface area contributed by atoms with Gasteiger partial charge in [0.1, 0.15) is 5.67 Å². The minimum atomic E-state index is -1.03. The Bertz CT molecular complexity index is 538. The minimum absolute atomic E-state index is 0.538. The smallest absolute Gasteiger partial charge is 0.117 e. The van der Waals surface area contributed by atoms with Crippen molar-refractivity contribution in [2.24, 2.45) is 0 Å². The molecule has 0 aliphatic carbocycles. The molecule has 0 radical (unpaired) electrons. The molecular weight excluding hydrogens is 225 g/mol. The number of fused-ring (bicyclic) bond motifs is 1. The lowest BCUT2D eigenvalue weighted by molar-refractivity contribution is 0.116. The van der Waals surface area contributed by atoms with Crippen molar-refractivity contribution < 1.29 is 4.39 Å². The van der Waals surface area contributed by atoms with Crippen LogP contribution in [0.1, 0.15) is 18.4 Å². The predicted octanol–water partition coefficient (Wildman–Crippen LogP) is 3.47. The van der Waals surface area contributed by atoms with Gasteiger partial charge < -0.3 is 5.32 Å². The molecule has 1 N–H and O–H groups in total. The molecule has 1 fully saturated rings. The van der Waals surface area contributed by atoms with Crippen molar-refractivity contribution in [3.8, 4) is 0 Å². The molecule has 1 saturated heterocycles. The molecule has 2 heteroatoms. The maximum atomic E-state index is 14.7. The van der Waals surface area contributed by atoms with Crippen LogP contribution in [-0.4, -0.2) is 18.8 Å². The lowest BCUT2D eigenvalue weighted by Gasteiger charge is -2.30. The molecule has 2 aromatic rings. The third-order valence-electron chi connectivity index (χ3n) is 3.89. The molecule has 1 aliphatic heterocycles. The first-order chi connectivity index (χ1) is 8.77. The van der Waals surface area contributed by atoms with Gasteiger partial charge >= 0.3 is 0 Å². The second kappa shape index (κ2) is 4.69. The van der Waals surface area contributed by atoms with Gasteiger partial charge in [0.25, 0.3) is 0 Å². The fourth-order valence-corrected chi connectivity index (χ4v) is 2.84. The summed E-state index contributed by atoms with van der Waals surface area (Å²) in [7, 11) is 0. The number of hydrogen-bond acceptors (Lipinski definition) is 1. The molecule has 0 spiro atoms. The van der Waals surface area contributed by atoms with E-state index in [1.807, 2.05) is 18.2 Å². The maximum absolute atomic E-state index is 14.7. The van der Waals surface area contributed by atoms with Crippen LogP contribution in [0.5, 0.6) is 0 Å². The van der Waals surface area contributed by atoms with Crippen molar-refractivity contribution in [2.45, 2.75) is 24.9 Å². The lowest BCUT2D eigenvalue weighted by atomic mass is 9.86. The molecule has 0 atom stereocenters. The number of halogens is 1. The summed E-state index contributed by atoms with van der Waals surface area (Å²) in [6.07, 6.45) is 1.78. The Morgan fingerprint density at radius 2 is 1.72 bits per heavy atom. The van der Waals surface area contributed by atoms with Gasteiger partial charge in [0.15, 0.2) is 0 Å². The molecule has 2 aromatic carbocycles. The number of piperidine rings is 1. The standard InChI is InChI=1S/C16H18FN/c17-16(8-10-18-11-9-16)12-14-6-3-5-13-4-1-2-7-15(13)14/h1-7,18H,8-12H2. The highest BCUT2D eigenvalue weighted by atomic mass is 19.1. The summed E-state index contributed by atoms with van der Waals surface area (Å²) < 4.78 is 14.7. The SMILES string of the molecule is FC1(Cc2cccc3ccccc23)CCNCC1. The first kappa shape index (κ1) is 11.7. The van der Waals surface area contributed by atoms with Crippen molar-refractivity contribution >= 4 is 10.8 Å². The van der Waals surface area contributed by atoms with Gasteiger partial charge in [0.05, 0.1) is 0 Å². The zero-order valence-electron chi connectivity index (χ0n) is 10.5. The van der Waals surface area contributed by atoms with E-state index in [-0.39, 0.29) is 0 Å². The molecule has 1 nitrogen and oxygen atoms in total. The van der Waals surface area contributed by atoms with E-state index in [1.54, 1.807) is 0 Å². The Morgan fingerprint density at radius 3 is 2.56 bits per heavy atom. The first-order valence-corrected chi connectivity index (χ1v) is 6.63. The van der Waals surface area contributed by atoms with E-state index in [1.165, 1.54) is 10.8 Å². The molecule has 0 unspecified atom stereocenters. The van der Waals surface area contributed by atoms with Crippen molar-refractivity contribution in [1.29, 1.82) is 0 Å². The van der Waals surface area contributed by atoms with E-state index in [0.29, 0.717) is 19.3 Å². The molecule has 0 bridgehead atoms. The van der Waals surface area contributed by atoms with Gasteiger partial charge in [-0.2, -0.15) is 0 Å². The van der Waals surface area contributed by atoms with E-state index in [2.05, 4.69) is 29.6 Å². The number of nitrogens with one attached hydrogen (secondary N) is 1. The van der Waals surface area contributed by atoms with Crippen LogP contribution in [0.4, 0.5) is 4.39 Å². The van der Waals surface area contributed by atoms with Gasteiger partial charge in [-0.25, -0.2) is 4.39 Å². The van der Waals surface area contributed by atoms with Crippen molar-refractivity contribution in [3.05, 3.63) is 48.0 Å². The Morgan fingerprint density at radius 1 is 1.00 bits per heavy atom. The number of hydrogen-bond donors (Lipinski definition) is 1. The van der Waals surface area contributed by atoms with Gasteiger partial charge in [0, 0.05) is 6.42 Å². The Labute approximate surface area is 107 Å². The van der Waals surface area contributed by atoms with Crippen LogP contribution in [0.3, 0.4) is 0 Å². The fraction of sp³-hybridized carbons (Fsp3) is 0.375. The highest BCUT2D eigenvalue weighted by molar-refractivity contribution is 5.85. The predicted molar refractivity (Wildman–Crippen MR) is 73.6 cm³/mol. The van der Waals surface area contributed by atoms with Crippen LogP contribution >= 0.6 is 0 Å². The average molecular weight is 243 g/mol. The summed E-state index contributed by atoms with van der Waals surface area (Å²) in [4.78, 5) is 0. The lowest BCUT2D eigenvalue weighted by Crippen LogP contribution is -2.40. The Balaban J connectivity index is 1.94. The molecule has 0 saturated carbocycles. The van der Waals surface area contributed by atoms with E-state index >= 15 is 0 Å². The van der Waals surface area contributed by atoms with Gasteiger partial charge in [-0.1, -0.05) is 42.5 Å². The normalized spacial score (nSPS) is 18.9. The monoisotopic (exact) mass is 243 g/mol. The van der Waals surface area contributed by atoms with Gasteiger partial charge in [-0.3, -0.25) is 0 Å². The highest BCUT2D eigenvalue weighted by Crippen LogP contribution is 2.30. The van der Waals surface area contributed by atoms with Crippen molar-refractivity contribution in [2.75, 3.05) is 13.1 Å². The zero-order chi connectivity index (χ0) is 12.4. The fourth-order valence-electron chi connectivity index (χ4n) is 2.84. The molecule has 0 amide bonds. The molecule has 3 rings (SSSR count). The van der Waals surface area contributed by atoms with Crippen LogP contribution < -0.4 is 5.32 Å². The van der Waals surface area contributed by atoms with E-state index in [0.717, 1.165) is 18.7 Å². The minimum Gasteiger partial charge on any atom is -0.316 e. The van der Waals surface area contributed by atoms with Crippen LogP contribution in [-0.2, 0) is 6.42 Å². The molecule has 94 valence electrons. The van der Waals surface area contributed by atoms with Crippen molar-refractivity contribution in [3.63, 3.8) is 0 Å². The summed E-state index contributed by atoms with van der Waals surface area (Å²) >= 11 is 0. The molecule has 1 aliphatic rings. The largest absolute Gasteiger partial charge is 0.316 e. The van der Waals surface area contributed by atoms with Crippen molar-refractivity contribution in [1.82, 2.24) is 5.32 Å². The average Bonchev–Trinajstić information content (AvgIpc) is 2.40. The number of benzene rings is 2. The maximum Gasteiger partial charge on any atom is 0.117 e. The molecule has 18 heavy (non-hydrogen) atoms. The summed E-state index contributed by atoms with van der Waals surface area (Å²) in [5.74, 6) is 0. The van der Waals surface area contributed by atoms with E-state index in [9.17, 15) is 4.39 Å². The number of alkyl halides is 1. The second-order valence-electron chi connectivity index (χ2n) is 5.22. The van der Waals surface area contributed by atoms with Gasteiger partial charge in [0.2, 0.25) is 0 Å². The Kier molecular flexibility index (Phi) is 3.04. The van der Waals surface area contributed by atoms with E-state index < -0.39 is 5.67 Å². The number of rotatable bonds is 2. The van der Waals surface area contributed by atoms with Crippen LogP contribution in [0.25, 0.3) is 10.8 Å². The molecular formula is C16H18FN. The topological polar surface area (TPSA) is 12.0 Å². The first-order valence-electron chi connectivity index (χ1n) is 6.63. The van der Waals surface area contributed by atoms with Gasteiger partial charge in [-0.15, -0.1) is 0 Å². The highest BCUT2D eigenvalue weighted by Gasteiger charge is 2.32. The van der Waals surface area contributed by atoms with Crippen LogP contribution in [0, 0.1) is 0 Å². The third kappa shape index (κ3) is 2.25. The van der Waals surface area contributed by atoms with E-state index in [4.69, 9.17) is 0 Å². The quantitative estimate of drug-likeness (QED) is 0.851. The third-order valence-corrected chi connectivity index (χ3v) is 3.89. The summed E-state index contributed by atoms with van der Waals surface area (Å²) in [5.41, 5.74) is 0.104. The second-order valence-corrected chi connectivity index (χ2v) is 5.22. The van der Waals surface area contributed by atoms with Gasteiger partial charge in [-0.05, 0) is 42.3 Å².